The van der Waals surface area contributed by atoms with Crippen LogP contribution in [0.5, 0.6) is 0 Å². The summed E-state index contributed by atoms with van der Waals surface area (Å²) < 4.78 is 34.1. The third-order valence-electron chi connectivity index (χ3n) is 4.48. The van der Waals surface area contributed by atoms with Gasteiger partial charge in [-0.2, -0.15) is 11.8 Å². The molecule has 4 rings (SSSR count). The summed E-state index contributed by atoms with van der Waals surface area (Å²) in [5.74, 6) is 0.109. The van der Waals surface area contributed by atoms with Crippen LogP contribution in [-0.4, -0.2) is 33.5 Å². The standard InChI is InChI=1S/C16H15F2N3O2S2/c1-2-21-12-8(14(22)10-15(23)19-25-16(10)21)7-9(17)13(11(12)18)20-3-5-24-6-4-20/h7H,2-6H2,1H3,(H,19,23). The van der Waals surface area contributed by atoms with Gasteiger partial charge in [-0.1, -0.05) is 0 Å². The Kier molecular flexibility index (Phi) is 4.07. The van der Waals surface area contributed by atoms with Crippen molar-refractivity contribution in [2.75, 3.05) is 29.5 Å². The number of nitrogens with zero attached hydrogens (tertiary/aromatic N) is 2. The van der Waals surface area contributed by atoms with E-state index in [0.29, 0.717) is 24.5 Å². The SMILES string of the molecule is CCn1c2s[nH]c(=O)c2c(=O)c2cc(F)c(N3CCSCC3)c(F)c21. The summed E-state index contributed by atoms with van der Waals surface area (Å²) in [6, 6.07) is 1.07. The number of benzene rings is 1. The number of aromatic amines is 1. The van der Waals surface area contributed by atoms with Gasteiger partial charge in [-0.05, 0) is 24.5 Å². The van der Waals surface area contributed by atoms with Crippen LogP contribution < -0.4 is 15.9 Å². The first-order chi connectivity index (χ1) is 12.0. The minimum Gasteiger partial charge on any atom is -0.365 e. The number of anilines is 1. The lowest BCUT2D eigenvalue weighted by Crippen LogP contribution is -2.34. The van der Waals surface area contributed by atoms with Gasteiger partial charge in [-0.3, -0.25) is 14.0 Å². The zero-order chi connectivity index (χ0) is 17.7. The van der Waals surface area contributed by atoms with Crippen LogP contribution in [0.15, 0.2) is 15.7 Å². The summed E-state index contributed by atoms with van der Waals surface area (Å²) in [7, 11) is 0. The largest absolute Gasteiger partial charge is 0.365 e. The van der Waals surface area contributed by atoms with E-state index in [2.05, 4.69) is 4.37 Å². The highest BCUT2D eigenvalue weighted by Gasteiger charge is 2.26. The van der Waals surface area contributed by atoms with Crippen LogP contribution >= 0.6 is 23.3 Å². The van der Waals surface area contributed by atoms with Crippen LogP contribution in [0.2, 0.25) is 0 Å². The third kappa shape index (κ3) is 2.40. The molecule has 3 aromatic rings. The Morgan fingerprint density at radius 2 is 1.96 bits per heavy atom. The van der Waals surface area contributed by atoms with Gasteiger partial charge in [0.15, 0.2) is 5.82 Å². The summed E-state index contributed by atoms with van der Waals surface area (Å²) in [5.41, 5.74) is -1.18. The van der Waals surface area contributed by atoms with Crippen LogP contribution in [0.25, 0.3) is 21.1 Å². The van der Waals surface area contributed by atoms with Gasteiger partial charge < -0.3 is 9.47 Å². The molecule has 0 saturated carbocycles. The average molecular weight is 383 g/mol. The van der Waals surface area contributed by atoms with Crippen molar-refractivity contribution in [3.63, 3.8) is 0 Å². The minimum atomic E-state index is -0.761. The van der Waals surface area contributed by atoms with Gasteiger partial charge in [0.05, 0.1) is 10.9 Å². The molecular weight excluding hydrogens is 368 g/mol. The third-order valence-corrected chi connectivity index (χ3v) is 6.33. The van der Waals surface area contributed by atoms with Crippen LogP contribution in [0.1, 0.15) is 6.92 Å². The Bertz CT molecular complexity index is 1100. The number of aromatic nitrogens is 2. The van der Waals surface area contributed by atoms with Crippen LogP contribution in [0, 0.1) is 11.6 Å². The first-order valence-electron chi connectivity index (χ1n) is 7.93. The van der Waals surface area contributed by atoms with Crippen LogP contribution in [-0.2, 0) is 6.54 Å². The van der Waals surface area contributed by atoms with E-state index in [-0.39, 0.29) is 22.0 Å². The second-order valence-electron chi connectivity index (χ2n) is 5.80. The summed E-state index contributed by atoms with van der Waals surface area (Å²) in [4.78, 5) is 26.7. The number of hydrogen-bond donors (Lipinski definition) is 1. The number of halogens is 2. The summed E-state index contributed by atoms with van der Waals surface area (Å²) in [5, 5.41) is -0.136. The number of fused-ring (bicyclic) bond motifs is 2. The van der Waals surface area contributed by atoms with Gasteiger partial charge >= 0.3 is 0 Å². The smallest absolute Gasteiger partial charge is 0.271 e. The predicted octanol–water partition coefficient (Wildman–Crippen LogP) is 2.76. The molecule has 1 fully saturated rings. The lowest BCUT2D eigenvalue weighted by atomic mass is 10.1. The van der Waals surface area contributed by atoms with E-state index < -0.39 is 22.6 Å². The van der Waals surface area contributed by atoms with Crippen molar-refractivity contribution in [2.45, 2.75) is 13.5 Å². The van der Waals surface area contributed by atoms with Crippen molar-refractivity contribution >= 4 is 50.1 Å². The maximum atomic E-state index is 15.3. The fourth-order valence-corrected chi connectivity index (χ4v) is 5.15. The molecule has 0 unspecified atom stereocenters. The van der Waals surface area contributed by atoms with E-state index in [1.54, 1.807) is 28.2 Å². The van der Waals surface area contributed by atoms with E-state index in [0.717, 1.165) is 29.1 Å². The van der Waals surface area contributed by atoms with Crippen molar-refractivity contribution in [3.05, 3.63) is 38.3 Å². The number of aryl methyl sites for hydroxylation is 1. The molecule has 132 valence electrons. The normalized spacial score (nSPS) is 15.4. The van der Waals surface area contributed by atoms with E-state index in [1.807, 2.05) is 0 Å². The Hall–Kier alpha value is -1.87. The van der Waals surface area contributed by atoms with Gasteiger partial charge in [-0.25, -0.2) is 8.78 Å². The molecule has 0 amide bonds. The Labute approximate surface area is 149 Å². The van der Waals surface area contributed by atoms with Crippen molar-refractivity contribution in [2.24, 2.45) is 0 Å². The van der Waals surface area contributed by atoms with Crippen molar-refractivity contribution in [3.8, 4) is 0 Å². The number of rotatable bonds is 2. The Morgan fingerprint density at radius 3 is 2.64 bits per heavy atom. The maximum absolute atomic E-state index is 15.3. The summed E-state index contributed by atoms with van der Waals surface area (Å²) >= 11 is 2.74. The molecule has 5 nitrogen and oxygen atoms in total. The van der Waals surface area contributed by atoms with E-state index in [9.17, 15) is 14.0 Å². The van der Waals surface area contributed by atoms with Crippen molar-refractivity contribution in [1.29, 1.82) is 0 Å². The second kappa shape index (κ2) is 6.14. The molecule has 1 aliphatic heterocycles. The fraction of sp³-hybridized carbons (Fsp3) is 0.375. The minimum absolute atomic E-state index is 0.0414. The zero-order valence-corrected chi connectivity index (χ0v) is 15.0. The summed E-state index contributed by atoms with van der Waals surface area (Å²) in [6.07, 6.45) is 0. The number of nitrogens with one attached hydrogen (secondary N) is 1. The molecule has 0 aliphatic carbocycles. The number of thioether (sulfide) groups is 1. The lowest BCUT2D eigenvalue weighted by Gasteiger charge is -2.29. The quantitative estimate of drug-likeness (QED) is 0.739. The number of pyridine rings is 1. The van der Waals surface area contributed by atoms with Gasteiger partial charge in [0.2, 0.25) is 5.43 Å². The topological polar surface area (TPSA) is 58.1 Å². The van der Waals surface area contributed by atoms with Crippen molar-refractivity contribution < 1.29 is 8.78 Å². The molecule has 0 radical (unpaired) electrons. The van der Waals surface area contributed by atoms with Gasteiger partial charge in [0, 0.05) is 31.1 Å². The zero-order valence-electron chi connectivity index (χ0n) is 13.4. The second-order valence-corrected chi connectivity index (χ2v) is 7.82. The number of hydrogen-bond acceptors (Lipinski definition) is 5. The maximum Gasteiger partial charge on any atom is 0.271 e. The highest BCUT2D eigenvalue weighted by molar-refractivity contribution is 7.99. The molecule has 1 N–H and O–H groups in total. The van der Waals surface area contributed by atoms with Gasteiger partial charge in [0.1, 0.15) is 21.7 Å². The van der Waals surface area contributed by atoms with Gasteiger partial charge in [0.25, 0.3) is 5.56 Å². The molecule has 0 bridgehead atoms. The molecule has 2 aromatic heterocycles. The molecule has 0 atom stereocenters. The van der Waals surface area contributed by atoms with E-state index >= 15 is 4.39 Å². The monoisotopic (exact) mass is 383 g/mol. The highest BCUT2D eigenvalue weighted by atomic mass is 32.2. The Balaban J connectivity index is 2.14. The van der Waals surface area contributed by atoms with Crippen LogP contribution in [0.3, 0.4) is 0 Å². The fourth-order valence-electron chi connectivity index (χ4n) is 3.33. The van der Waals surface area contributed by atoms with E-state index in [1.165, 1.54) is 0 Å². The highest BCUT2D eigenvalue weighted by Crippen LogP contribution is 2.32. The first kappa shape index (κ1) is 16.6. The van der Waals surface area contributed by atoms with Crippen molar-refractivity contribution in [1.82, 2.24) is 8.94 Å². The number of H-pyrrole nitrogens is 1. The summed E-state index contributed by atoms with van der Waals surface area (Å²) in [6.45, 7) is 3.27. The molecular formula is C16H15F2N3O2S2. The molecule has 1 aliphatic rings. The lowest BCUT2D eigenvalue weighted by molar-refractivity contribution is 0.576. The molecule has 9 heteroatoms. The average Bonchev–Trinajstić information content (AvgIpc) is 2.99. The molecule has 1 aromatic carbocycles. The first-order valence-corrected chi connectivity index (χ1v) is 9.90. The predicted molar refractivity (Wildman–Crippen MR) is 99.3 cm³/mol. The van der Waals surface area contributed by atoms with Crippen LogP contribution in [0.4, 0.5) is 14.5 Å². The molecule has 0 spiro atoms. The Morgan fingerprint density at radius 1 is 1.24 bits per heavy atom. The molecule has 3 heterocycles. The molecule has 1 saturated heterocycles. The van der Waals surface area contributed by atoms with Gasteiger partial charge in [-0.15, -0.1) is 0 Å². The van der Waals surface area contributed by atoms with E-state index in [4.69, 9.17) is 0 Å². The molecule has 25 heavy (non-hydrogen) atoms.